The zero-order valence-corrected chi connectivity index (χ0v) is 11.5. The molecule has 3 nitrogen and oxygen atoms in total. The summed E-state index contributed by atoms with van der Waals surface area (Å²) in [5.41, 5.74) is 7.35. The topological polar surface area (TPSA) is 55.1 Å². The molecule has 0 saturated heterocycles. The highest BCUT2D eigenvalue weighted by atomic mass is 35.5. The fraction of sp³-hybridized carbons (Fsp3) is 0.462. The van der Waals surface area contributed by atoms with E-state index in [-0.39, 0.29) is 30.0 Å². The normalized spacial score (nSPS) is 11.6. The number of carbonyl (C=O) groups excluding carboxylic acids is 1. The monoisotopic (exact) mass is 274 g/mol. The van der Waals surface area contributed by atoms with E-state index in [1.807, 2.05) is 6.92 Å². The molecule has 1 unspecified atom stereocenters. The number of halogens is 2. The van der Waals surface area contributed by atoms with Crippen LogP contribution in [0.4, 0.5) is 4.39 Å². The van der Waals surface area contributed by atoms with Crippen LogP contribution in [0.5, 0.6) is 0 Å². The molecule has 102 valence electrons. The maximum Gasteiger partial charge on any atom is 0.224 e. The maximum absolute atomic E-state index is 12.9. The van der Waals surface area contributed by atoms with Crippen molar-refractivity contribution in [3.63, 3.8) is 0 Å². The summed E-state index contributed by atoms with van der Waals surface area (Å²) in [5.74, 6) is -0.427. The molecule has 0 heterocycles. The molecule has 18 heavy (non-hydrogen) atoms. The molecule has 0 aliphatic heterocycles. The molecular formula is C13H20ClFN2O. The Balaban J connectivity index is 0.00000289. The highest BCUT2D eigenvalue weighted by Crippen LogP contribution is 2.10. The summed E-state index contributed by atoms with van der Waals surface area (Å²) < 4.78 is 12.9. The predicted molar refractivity (Wildman–Crippen MR) is 73.3 cm³/mol. The van der Waals surface area contributed by atoms with E-state index in [4.69, 9.17) is 5.73 Å². The molecule has 0 bridgehead atoms. The van der Waals surface area contributed by atoms with Crippen molar-refractivity contribution in [3.8, 4) is 0 Å². The second-order valence-corrected chi connectivity index (χ2v) is 4.25. The second kappa shape index (κ2) is 8.06. The molecule has 0 aromatic heterocycles. The van der Waals surface area contributed by atoms with E-state index in [9.17, 15) is 9.18 Å². The minimum Gasteiger partial charge on any atom is -0.355 e. The Morgan fingerprint density at radius 2 is 2.17 bits per heavy atom. The summed E-state index contributed by atoms with van der Waals surface area (Å²) in [6.45, 7) is 4.55. The molecule has 0 spiro atoms. The Morgan fingerprint density at radius 3 is 2.72 bits per heavy atom. The van der Waals surface area contributed by atoms with Crippen LogP contribution >= 0.6 is 12.4 Å². The Morgan fingerprint density at radius 1 is 1.50 bits per heavy atom. The van der Waals surface area contributed by atoms with Gasteiger partial charge in [0.15, 0.2) is 0 Å². The smallest absolute Gasteiger partial charge is 0.224 e. The average molecular weight is 275 g/mol. The molecule has 0 saturated carbocycles. The van der Waals surface area contributed by atoms with Crippen LogP contribution in [0.1, 0.15) is 18.1 Å². The van der Waals surface area contributed by atoms with Crippen molar-refractivity contribution >= 4 is 18.3 Å². The number of nitrogens with one attached hydrogen (secondary N) is 1. The van der Waals surface area contributed by atoms with E-state index in [1.165, 1.54) is 12.1 Å². The largest absolute Gasteiger partial charge is 0.355 e. The van der Waals surface area contributed by atoms with E-state index in [0.717, 1.165) is 11.1 Å². The van der Waals surface area contributed by atoms with Gasteiger partial charge >= 0.3 is 0 Å². The fourth-order valence-electron chi connectivity index (χ4n) is 1.54. The van der Waals surface area contributed by atoms with Gasteiger partial charge < -0.3 is 11.1 Å². The third-order valence-electron chi connectivity index (χ3n) is 2.80. The van der Waals surface area contributed by atoms with E-state index in [0.29, 0.717) is 19.5 Å². The molecule has 1 aromatic carbocycles. The first-order valence-electron chi connectivity index (χ1n) is 5.77. The number of hydrogen-bond donors (Lipinski definition) is 2. The highest BCUT2D eigenvalue weighted by Gasteiger charge is 2.09. The first-order chi connectivity index (χ1) is 8.04. The van der Waals surface area contributed by atoms with Crippen molar-refractivity contribution in [2.75, 3.05) is 13.1 Å². The lowest BCUT2D eigenvalue weighted by molar-refractivity contribution is -0.124. The fourth-order valence-corrected chi connectivity index (χ4v) is 1.54. The molecule has 0 fully saturated rings. The van der Waals surface area contributed by atoms with Crippen molar-refractivity contribution in [2.45, 2.75) is 20.3 Å². The number of amides is 1. The Bertz CT molecular complexity index is 399. The summed E-state index contributed by atoms with van der Waals surface area (Å²) in [7, 11) is 0. The number of rotatable bonds is 5. The van der Waals surface area contributed by atoms with Gasteiger partial charge in [0.25, 0.3) is 0 Å². The number of nitrogens with two attached hydrogens (primary N) is 1. The number of hydrogen-bond acceptors (Lipinski definition) is 2. The average Bonchev–Trinajstić information content (AvgIpc) is 2.30. The van der Waals surface area contributed by atoms with E-state index in [1.54, 1.807) is 13.0 Å². The molecule has 0 aliphatic carbocycles. The summed E-state index contributed by atoms with van der Waals surface area (Å²) in [6.07, 6.45) is 0.704. The SMILES string of the molecule is Cc1cc(F)ccc1CCNC(=O)C(C)CN.Cl. The summed E-state index contributed by atoms with van der Waals surface area (Å²) in [5, 5.41) is 2.81. The van der Waals surface area contributed by atoms with Gasteiger partial charge in [-0.2, -0.15) is 0 Å². The van der Waals surface area contributed by atoms with Gasteiger partial charge in [-0.15, -0.1) is 12.4 Å². The van der Waals surface area contributed by atoms with Crippen molar-refractivity contribution in [1.29, 1.82) is 0 Å². The van der Waals surface area contributed by atoms with Gasteiger partial charge in [0, 0.05) is 19.0 Å². The molecule has 1 rings (SSSR count). The lowest BCUT2D eigenvalue weighted by atomic mass is 10.1. The molecule has 0 radical (unpaired) electrons. The third kappa shape index (κ3) is 5.02. The number of benzene rings is 1. The van der Waals surface area contributed by atoms with Gasteiger partial charge in [-0.05, 0) is 36.6 Å². The molecule has 1 aromatic rings. The quantitative estimate of drug-likeness (QED) is 0.860. The number of carbonyl (C=O) groups is 1. The van der Waals surface area contributed by atoms with Gasteiger partial charge in [0.1, 0.15) is 5.82 Å². The first-order valence-corrected chi connectivity index (χ1v) is 5.77. The predicted octanol–water partition coefficient (Wildman–Crippen LogP) is 1.81. The van der Waals surface area contributed by atoms with E-state index < -0.39 is 0 Å². The molecular weight excluding hydrogens is 255 g/mol. The minimum absolute atomic E-state index is 0. The van der Waals surface area contributed by atoms with Crippen LogP contribution in [-0.4, -0.2) is 19.0 Å². The molecule has 0 aliphatic rings. The van der Waals surface area contributed by atoms with Gasteiger partial charge in [-0.1, -0.05) is 13.0 Å². The summed E-state index contributed by atoms with van der Waals surface area (Å²) in [6, 6.07) is 4.69. The van der Waals surface area contributed by atoms with E-state index in [2.05, 4.69) is 5.32 Å². The Hall–Kier alpha value is -1.13. The van der Waals surface area contributed by atoms with E-state index >= 15 is 0 Å². The van der Waals surface area contributed by atoms with Gasteiger partial charge in [0.2, 0.25) is 5.91 Å². The molecule has 1 amide bonds. The number of aryl methyl sites for hydroxylation is 1. The van der Waals surface area contributed by atoms with Crippen LogP contribution in [0.25, 0.3) is 0 Å². The van der Waals surface area contributed by atoms with Crippen molar-refractivity contribution in [1.82, 2.24) is 5.32 Å². The molecule has 1 atom stereocenters. The summed E-state index contributed by atoms with van der Waals surface area (Å²) in [4.78, 5) is 11.5. The standard InChI is InChI=1S/C13H19FN2O.ClH/c1-9-7-12(14)4-3-11(9)5-6-16-13(17)10(2)8-15;/h3-4,7,10H,5-6,8,15H2,1-2H3,(H,16,17);1H. The molecule has 3 N–H and O–H groups in total. The molecule has 5 heteroatoms. The van der Waals surface area contributed by atoms with Crippen LogP contribution in [0.15, 0.2) is 18.2 Å². The Kier molecular flexibility index (Phi) is 7.55. The highest BCUT2D eigenvalue weighted by molar-refractivity contribution is 5.85. The van der Waals surface area contributed by atoms with Crippen LogP contribution in [0, 0.1) is 18.7 Å². The zero-order valence-electron chi connectivity index (χ0n) is 10.7. The maximum atomic E-state index is 12.9. The van der Waals surface area contributed by atoms with Crippen molar-refractivity contribution in [3.05, 3.63) is 35.1 Å². The third-order valence-corrected chi connectivity index (χ3v) is 2.80. The van der Waals surface area contributed by atoms with Crippen molar-refractivity contribution < 1.29 is 9.18 Å². The van der Waals surface area contributed by atoms with Crippen molar-refractivity contribution in [2.24, 2.45) is 11.7 Å². The van der Waals surface area contributed by atoms with Crippen LogP contribution in [0.3, 0.4) is 0 Å². The first kappa shape index (κ1) is 16.9. The van der Waals surface area contributed by atoms with Gasteiger partial charge in [0.05, 0.1) is 0 Å². The minimum atomic E-state index is -0.230. The van der Waals surface area contributed by atoms with Crippen LogP contribution in [0.2, 0.25) is 0 Å². The Labute approximate surface area is 113 Å². The lowest BCUT2D eigenvalue weighted by Gasteiger charge is -2.10. The van der Waals surface area contributed by atoms with Gasteiger partial charge in [-0.3, -0.25) is 4.79 Å². The summed E-state index contributed by atoms with van der Waals surface area (Å²) >= 11 is 0. The van der Waals surface area contributed by atoms with Gasteiger partial charge in [-0.25, -0.2) is 4.39 Å². The lowest BCUT2D eigenvalue weighted by Crippen LogP contribution is -2.34. The second-order valence-electron chi connectivity index (χ2n) is 4.25. The van der Waals surface area contributed by atoms with Crippen LogP contribution < -0.4 is 11.1 Å². The van der Waals surface area contributed by atoms with Crippen LogP contribution in [-0.2, 0) is 11.2 Å². The zero-order chi connectivity index (χ0) is 12.8.